The van der Waals surface area contributed by atoms with Gasteiger partial charge in [0, 0.05) is 13.0 Å². The van der Waals surface area contributed by atoms with E-state index in [2.05, 4.69) is 28.1 Å². The molecule has 0 aliphatic carbocycles. The summed E-state index contributed by atoms with van der Waals surface area (Å²) < 4.78 is 1.74. The van der Waals surface area contributed by atoms with Crippen LogP contribution in [0.3, 0.4) is 0 Å². The molecule has 0 aromatic carbocycles. The third kappa shape index (κ3) is 1.54. The minimum atomic E-state index is 0.210. The summed E-state index contributed by atoms with van der Waals surface area (Å²) in [6.07, 6.45) is 5.54. The molecule has 0 saturated heterocycles. The van der Waals surface area contributed by atoms with Gasteiger partial charge in [-0.25, -0.2) is 14.6 Å². The number of rotatable bonds is 2. The highest BCUT2D eigenvalue weighted by molar-refractivity contribution is 5.88. The average molecular weight is 217 g/mol. The molecule has 5 nitrogen and oxygen atoms in total. The van der Waals surface area contributed by atoms with Crippen molar-refractivity contribution in [3.63, 3.8) is 0 Å². The summed E-state index contributed by atoms with van der Waals surface area (Å²) >= 11 is 0. The van der Waals surface area contributed by atoms with Crippen LogP contribution in [0.15, 0.2) is 18.5 Å². The molecule has 0 bridgehead atoms. The molecular formula is C11H15N5. The highest BCUT2D eigenvalue weighted by Gasteiger charge is 2.16. The second kappa shape index (κ2) is 3.92. The maximum atomic E-state index is 5.88. The third-order valence-electron chi connectivity index (χ3n) is 2.59. The van der Waals surface area contributed by atoms with Crippen molar-refractivity contribution in [2.75, 3.05) is 5.73 Å². The monoisotopic (exact) mass is 217 g/mol. The Labute approximate surface area is 94.0 Å². The number of anilines is 1. The van der Waals surface area contributed by atoms with Gasteiger partial charge in [0.1, 0.15) is 12.1 Å². The van der Waals surface area contributed by atoms with Crippen LogP contribution < -0.4 is 5.73 Å². The van der Waals surface area contributed by atoms with Crippen molar-refractivity contribution in [3.8, 4) is 0 Å². The van der Waals surface area contributed by atoms with Gasteiger partial charge in [-0.05, 0) is 6.92 Å². The average Bonchev–Trinajstić information content (AvgIpc) is 2.58. The van der Waals surface area contributed by atoms with Crippen LogP contribution in [0.25, 0.3) is 11.0 Å². The highest BCUT2D eigenvalue weighted by atomic mass is 15.3. The Morgan fingerprint density at radius 2 is 2.19 bits per heavy atom. The molecular weight excluding hydrogens is 202 g/mol. The fourth-order valence-electron chi connectivity index (χ4n) is 1.84. The van der Waals surface area contributed by atoms with E-state index in [1.807, 2.05) is 20.0 Å². The first-order chi connectivity index (χ1) is 7.65. The molecule has 16 heavy (non-hydrogen) atoms. The van der Waals surface area contributed by atoms with E-state index in [-0.39, 0.29) is 5.92 Å². The van der Waals surface area contributed by atoms with E-state index in [9.17, 15) is 0 Å². The first-order valence-electron chi connectivity index (χ1n) is 5.21. The number of allylic oxidation sites excluding steroid dienone is 2. The quantitative estimate of drug-likeness (QED) is 0.776. The van der Waals surface area contributed by atoms with Crippen LogP contribution in [-0.4, -0.2) is 19.7 Å². The normalized spacial score (nSPS) is 13.7. The molecule has 0 fully saturated rings. The van der Waals surface area contributed by atoms with E-state index in [0.717, 1.165) is 16.7 Å². The lowest BCUT2D eigenvalue weighted by Crippen LogP contribution is -1.96. The molecule has 2 rings (SSSR count). The Bertz CT molecular complexity index is 541. The van der Waals surface area contributed by atoms with Crippen LogP contribution in [0.1, 0.15) is 25.5 Å². The molecule has 2 aromatic heterocycles. The van der Waals surface area contributed by atoms with E-state index in [1.165, 1.54) is 6.33 Å². The predicted octanol–water partition coefficient (Wildman–Crippen LogP) is 1.63. The molecule has 0 aliphatic heterocycles. The molecule has 0 amide bonds. The summed E-state index contributed by atoms with van der Waals surface area (Å²) in [6.45, 7) is 4.07. The van der Waals surface area contributed by atoms with Gasteiger partial charge >= 0.3 is 0 Å². The van der Waals surface area contributed by atoms with Crippen molar-refractivity contribution in [1.82, 2.24) is 19.7 Å². The Kier molecular flexibility index (Phi) is 2.60. The smallest absolute Gasteiger partial charge is 0.163 e. The standard InChI is InChI=1S/C11H15N5/c1-4-5-7(2)9-8-10(12)13-6-14-11(8)16(3)15-9/h4-7H,1-3H3,(H2,12,13,14)/b5-4-. The fraction of sp³-hybridized carbons (Fsp3) is 0.364. The van der Waals surface area contributed by atoms with E-state index >= 15 is 0 Å². The van der Waals surface area contributed by atoms with Crippen molar-refractivity contribution in [2.45, 2.75) is 19.8 Å². The molecule has 84 valence electrons. The van der Waals surface area contributed by atoms with Gasteiger partial charge in [0.05, 0.1) is 11.1 Å². The predicted molar refractivity (Wildman–Crippen MR) is 63.9 cm³/mol. The number of nitrogen functional groups attached to an aromatic ring is 1. The van der Waals surface area contributed by atoms with E-state index in [4.69, 9.17) is 5.73 Å². The van der Waals surface area contributed by atoms with Gasteiger partial charge in [-0.3, -0.25) is 0 Å². The van der Waals surface area contributed by atoms with Crippen LogP contribution in [0.5, 0.6) is 0 Å². The maximum Gasteiger partial charge on any atom is 0.163 e. The summed E-state index contributed by atoms with van der Waals surface area (Å²) in [7, 11) is 1.86. The topological polar surface area (TPSA) is 69.6 Å². The minimum Gasteiger partial charge on any atom is -0.383 e. The van der Waals surface area contributed by atoms with Crippen LogP contribution in [0.4, 0.5) is 5.82 Å². The number of aryl methyl sites for hydroxylation is 1. The van der Waals surface area contributed by atoms with E-state index < -0.39 is 0 Å². The Hall–Kier alpha value is -1.91. The molecule has 0 saturated carbocycles. The molecule has 1 atom stereocenters. The van der Waals surface area contributed by atoms with Gasteiger partial charge in [0.15, 0.2) is 5.65 Å². The number of aromatic nitrogens is 4. The van der Waals surface area contributed by atoms with Gasteiger partial charge in [-0.1, -0.05) is 19.1 Å². The van der Waals surface area contributed by atoms with Crippen LogP contribution in [-0.2, 0) is 7.05 Å². The molecule has 2 aromatic rings. The summed E-state index contributed by atoms with van der Waals surface area (Å²) in [6, 6.07) is 0. The van der Waals surface area contributed by atoms with Gasteiger partial charge in [0.25, 0.3) is 0 Å². The molecule has 5 heteroatoms. The summed E-state index contributed by atoms with van der Waals surface area (Å²) in [4.78, 5) is 8.20. The zero-order valence-corrected chi connectivity index (χ0v) is 9.68. The number of nitrogens with zero attached hydrogens (tertiary/aromatic N) is 4. The first kappa shape index (κ1) is 10.6. The Morgan fingerprint density at radius 3 is 2.88 bits per heavy atom. The van der Waals surface area contributed by atoms with Crippen molar-refractivity contribution >= 4 is 16.9 Å². The summed E-state index contributed by atoms with van der Waals surface area (Å²) in [5.41, 5.74) is 7.58. The molecule has 0 aliphatic rings. The SMILES string of the molecule is C/C=C\C(C)c1nn(C)c2ncnc(N)c12. The zero-order valence-electron chi connectivity index (χ0n) is 9.68. The van der Waals surface area contributed by atoms with Crippen molar-refractivity contribution in [3.05, 3.63) is 24.2 Å². The third-order valence-corrected chi connectivity index (χ3v) is 2.59. The first-order valence-corrected chi connectivity index (χ1v) is 5.21. The van der Waals surface area contributed by atoms with Gasteiger partial charge in [-0.15, -0.1) is 0 Å². The highest BCUT2D eigenvalue weighted by Crippen LogP contribution is 2.27. The molecule has 0 radical (unpaired) electrons. The lowest BCUT2D eigenvalue weighted by atomic mass is 10.1. The number of nitrogens with two attached hydrogens (primary N) is 1. The molecule has 2 N–H and O–H groups in total. The van der Waals surface area contributed by atoms with Gasteiger partial charge < -0.3 is 5.73 Å². The van der Waals surface area contributed by atoms with Crippen molar-refractivity contribution in [1.29, 1.82) is 0 Å². The largest absolute Gasteiger partial charge is 0.383 e. The minimum absolute atomic E-state index is 0.210. The van der Waals surface area contributed by atoms with Crippen molar-refractivity contribution < 1.29 is 0 Å². The van der Waals surface area contributed by atoms with Gasteiger partial charge in [-0.2, -0.15) is 5.10 Å². The maximum absolute atomic E-state index is 5.88. The number of hydrogen-bond acceptors (Lipinski definition) is 4. The van der Waals surface area contributed by atoms with Gasteiger partial charge in [0.2, 0.25) is 0 Å². The van der Waals surface area contributed by atoms with Crippen LogP contribution in [0.2, 0.25) is 0 Å². The fourth-order valence-corrected chi connectivity index (χ4v) is 1.84. The summed E-state index contributed by atoms with van der Waals surface area (Å²) in [5.74, 6) is 0.700. The second-order valence-electron chi connectivity index (χ2n) is 3.78. The van der Waals surface area contributed by atoms with Crippen molar-refractivity contribution in [2.24, 2.45) is 7.05 Å². The Morgan fingerprint density at radius 1 is 1.44 bits per heavy atom. The summed E-state index contributed by atoms with van der Waals surface area (Å²) in [5, 5.41) is 5.31. The van der Waals surface area contributed by atoms with E-state index in [0.29, 0.717) is 5.82 Å². The number of hydrogen-bond donors (Lipinski definition) is 1. The van der Waals surface area contributed by atoms with Crippen LogP contribution in [0, 0.1) is 0 Å². The van der Waals surface area contributed by atoms with E-state index in [1.54, 1.807) is 4.68 Å². The zero-order chi connectivity index (χ0) is 11.7. The second-order valence-corrected chi connectivity index (χ2v) is 3.78. The lowest BCUT2D eigenvalue weighted by molar-refractivity contribution is 0.744. The Balaban J connectivity index is 2.71. The van der Waals surface area contributed by atoms with Crippen LogP contribution >= 0.6 is 0 Å². The lowest BCUT2D eigenvalue weighted by Gasteiger charge is -2.02. The molecule has 2 heterocycles. The molecule has 0 spiro atoms. The number of fused-ring (bicyclic) bond motifs is 1. The molecule has 1 unspecified atom stereocenters.